The summed E-state index contributed by atoms with van der Waals surface area (Å²) in [6, 6.07) is 7.98. The molecule has 0 N–H and O–H groups in total. The van der Waals surface area contributed by atoms with Crippen LogP contribution in [0.3, 0.4) is 0 Å². The van der Waals surface area contributed by atoms with Crippen molar-refractivity contribution in [2.24, 2.45) is 5.92 Å². The minimum atomic E-state index is -0.0930. The van der Waals surface area contributed by atoms with Gasteiger partial charge in [-0.1, -0.05) is 29.8 Å². The Morgan fingerprint density at radius 2 is 2.00 bits per heavy atom. The maximum Gasteiger partial charge on any atom is 0.305 e. The number of hydrogen-bond acceptors (Lipinski definition) is 3. The summed E-state index contributed by atoms with van der Waals surface area (Å²) in [5.41, 5.74) is 1.18. The van der Waals surface area contributed by atoms with E-state index in [1.807, 2.05) is 18.2 Å². The molecule has 1 aliphatic rings. The zero-order valence-electron chi connectivity index (χ0n) is 11.7. The van der Waals surface area contributed by atoms with Gasteiger partial charge in [0.1, 0.15) is 0 Å². The molecule has 112 valence electrons. The molecule has 0 bridgehead atoms. The maximum absolute atomic E-state index is 11.2. The third-order valence-corrected chi connectivity index (χ3v) is 4.11. The first kappa shape index (κ1) is 17.3. The van der Waals surface area contributed by atoms with E-state index in [0.717, 1.165) is 37.5 Å². The Morgan fingerprint density at radius 1 is 1.35 bits per heavy atom. The molecule has 0 atom stereocenters. The summed E-state index contributed by atoms with van der Waals surface area (Å²) in [6.45, 7) is 2.93. The molecule has 1 fully saturated rings. The lowest BCUT2D eigenvalue weighted by Gasteiger charge is -2.31. The van der Waals surface area contributed by atoms with Crippen LogP contribution < -0.4 is 0 Å². The van der Waals surface area contributed by atoms with Crippen molar-refractivity contribution in [1.29, 1.82) is 0 Å². The Hall–Kier alpha value is -0.770. The number of carbonyl (C=O) groups is 1. The number of benzene rings is 1. The summed E-state index contributed by atoms with van der Waals surface area (Å²) >= 11 is 6.17. The highest BCUT2D eigenvalue weighted by atomic mass is 35.5. The van der Waals surface area contributed by atoms with E-state index in [1.165, 1.54) is 12.7 Å². The van der Waals surface area contributed by atoms with E-state index in [1.54, 1.807) is 0 Å². The van der Waals surface area contributed by atoms with Gasteiger partial charge >= 0.3 is 5.97 Å². The number of nitrogens with zero attached hydrogens (tertiary/aromatic N) is 1. The molecule has 2 rings (SSSR count). The third-order valence-electron chi connectivity index (χ3n) is 3.74. The molecular formula is C15H21Cl2NO2. The minimum Gasteiger partial charge on any atom is -0.469 e. The van der Waals surface area contributed by atoms with Crippen molar-refractivity contribution in [3.8, 4) is 0 Å². The largest absolute Gasteiger partial charge is 0.469 e. The standard InChI is InChI=1S/C15H20ClNO2.ClH/c1-19-15(18)10-12-6-8-17(9-7-12)11-13-4-2-3-5-14(13)16;/h2-5,12H,6-11H2,1H3;1H. The van der Waals surface area contributed by atoms with Gasteiger partial charge in [-0.15, -0.1) is 12.4 Å². The normalized spacial score (nSPS) is 16.5. The predicted octanol–water partition coefficient (Wildman–Crippen LogP) is 3.54. The Kier molecular flexibility index (Phi) is 7.35. The number of ether oxygens (including phenoxy) is 1. The molecule has 0 spiro atoms. The first-order valence-electron chi connectivity index (χ1n) is 6.71. The van der Waals surface area contributed by atoms with Crippen molar-refractivity contribution in [2.45, 2.75) is 25.8 Å². The maximum atomic E-state index is 11.2. The molecule has 1 aromatic rings. The summed E-state index contributed by atoms with van der Waals surface area (Å²) in [6.07, 6.45) is 2.66. The van der Waals surface area contributed by atoms with Gasteiger partial charge in [-0.25, -0.2) is 0 Å². The molecule has 1 heterocycles. The van der Waals surface area contributed by atoms with Gasteiger partial charge in [0.15, 0.2) is 0 Å². The summed E-state index contributed by atoms with van der Waals surface area (Å²) in [7, 11) is 1.45. The predicted molar refractivity (Wildman–Crippen MR) is 83.3 cm³/mol. The lowest BCUT2D eigenvalue weighted by Crippen LogP contribution is -2.34. The Labute approximate surface area is 131 Å². The van der Waals surface area contributed by atoms with E-state index in [-0.39, 0.29) is 18.4 Å². The molecule has 1 saturated heterocycles. The smallest absolute Gasteiger partial charge is 0.305 e. The van der Waals surface area contributed by atoms with Crippen LogP contribution in [0.4, 0.5) is 0 Å². The van der Waals surface area contributed by atoms with Gasteiger partial charge in [0.25, 0.3) is 0 Å². The molecule has 0 aliphatic carbocycles. The molecule has 20 heavy (non-hydrogen) atoms. The third kappa shape index (κ3) is 4.97. The van der Waals surface area contributed by atoms with Gasteiger partial charge in [0.2, 0.25) is 0 Å². The number of esters is 1. The monoisotopic (exact) mass is 317 g/mol. The van der Waals surface area contributed by atoms with Crippen LogP contribution in [0.15, 0.2) is 24.3 Å². The molecule has 1 aromatic carbocycles. The number of piperidine rings is 1. The average Bonchev–Trinajstić information content (AvgIpc) is 2.43. The highest BCUT2D eigenvalue weighted by Gasteiger charge is 2.22. The van der Waals surface area contributed by atoms with Crippen molar-refractivity contribution in [2.75, 3.05) is 20.2 Å². The van der Waals surface area contributed by atoms with Crippen LogP contribution in [0.5, 0.6) is 0 Å². The van der Waals surface area contributed by atoms with E-state index in [4.69, 9.17) is 16.3 Å². The van der Waals surface area contributed by atoms with E-state index < -0.39 is 0 Å². The van der Waals surface area contributed by atoms with Gasteiger partial charge in [-0.05, 0) is 43.5 Å². The van der Waals surface area contributed by atoms with Crippen molar-refractivity contribution in [3.05, 3.63) is 34.9 Å². The summed E-state index contributed by atoms with van der Waals surface area (Å²) in [4.78, 5) is 13.6. The number of carbonyl (C=O) groups excluding carboxylic acids is 1. The number of methoxy groups -OCH3 is 1. The molecule has 0 aromatic heterocycles. The van der Waals surface area contributed by atoms with Crippen LogP contribution in [-0.4, -0.2) is 31.1 Å². The van der Waals surface area contributed by atoms with Crippen LogP contribution in [-0.2, 0) is 16.1 Å². The average molecular weight is 318 g/mol. The van der Waals surface area contributed by atoms with Gasteiger partial charge in [-0.3, -0.25) is 9.69 Å². The lowest BCUT2D eigenvalue weighted by molar-refractivity contribution is -0.142. The molecule has 0 unspecified atom stereocenters. The number of likely N-dealkylation sites (tertiary alicyclic amines) is 1. The number of halogens is 2. The molecule has 5 heteroatoms. The first-order chi connectivity index (χ1) is 9.19. The van der Waals surface area contributed by atoms with Crippen molar-refractivity contribution < 1.29 is 9.53 Å². The molecular weight excluding hydrogens is 297 g/mol. The Morgan fingerprint density at radius 3 is 2.60 bits per heavy atom. The van der Waals surface area contributed by atoms with Gasteiger partial charge < -0.3 is 4.74 Å². The summed E-state index contributed by atoms with van der Waals surface area (Å²) < 4.78 is 4.72. The topological polar surface area (TPSA) is 29.5 Å². The highest BCUT2D eigenvalue weighted by Crippen LogP contribution is 2.24. The number of hydrogen-bond donors (Lipinski definition) is 0. The van der Waals surface area contributed by atoms with Crippen LogP contribution >= 0.6 is 24.0 Å². The van der Waals surface area contributed by atoms with Crippen molar-refractivity contribution >= 4 is 30.0 Å². The second-order valence-electron chi connectivity index (χ2n) is 5.09. The fourth-order valence-corrected chi connectivity index (χ4v) is 2.73. The molecule has 0 radical (unpaired) electrons. The van der Waals surface area contributed by atoms with Gasteiger partial charge in [0, 0.05) is 18.0 Å². The van der Waals surface area contributed by atoms with Crippen LogP contribution in [0.25, 0.3) is 0 Å². The Bertz CT molecular complexity index is 432. The summed E-state index contributed by atoms with van der Waals surface area (Å²) in [5.74, 6) is 0.375. The second kappa shape index (κ2) is 8.50. The van der Waals surface area contributed by atoms with E-state index in [9.17, 15) is 4.79 Å². The zero-order chi connectivity index (χ0) is 13.7. The van der Waals surface area contributed by atoms with Crippen LogP contribution in [0, 0.1) is 5.92 Å². The fourth-order valence-electron chi connectivity index (χ4n) is 2.54. The quantitative estimate of drug-likeness (QED) is 0.795. The minimum absolute atomic E-state index is 0. The highest BCUT2D eigenvalue weighted by molar-refractivity contribution is 6.31. The van der Waals surface area contributed by atoms with E-state index in [0.29, 0.717) is 12.3 Å². The second-order valence-corrected chi connectivity index (χ2v) is 5.50. The van der Waals surface area contributed by atoms with Crippen molar-refractivity contribution in [3.63, 3.8) is 0 Å². The SMILES string of the molecule is COC(=O)CC1CCN(Cc2ccccc2Cl)CC1.Cl. The van der Waals surface area contributed by atoms with E-state index in [2.05, 4.69) is 11.0 Å². The zero-order valence-corrected chi connectivity index (χ0v) is 13.3. The fraction of sp³-hybridized carbons (Fsp3) is 0.533. The summed E-state index contributed by atoms with van der Waals surface area (Å²) in [5, 5.41) is 0.833. The number of rotatable bonds is 4. The first-order valence-corrected chi connectivity index (χ1v) is 7.09. The lowest BCUT2D eigenvalue weighted by atomic mass is 9.93. The molecule has 0 amide bonds. The Balaban J connectivity index is 0.00000200. The molecule has 3 nitrogen and oxygen atoms in total. The van der Waals surface area contributed by atoms with E-state index >= 15 is 0 Å². The van der Waals surface area contributed by atoms with Crippen LogP contribution in [0.1, 0.15) is 24.8 Å². The molecule has 1 aliphatic heterocycles. The molecule has 0 saturated carbocycles. The van der Waals surface area contributed by atoms with Gasteiger partial charge in [-0.2, -0.15) is 0 Å². The van der Waals surface area contributed by atoms with Crippen LogP contribution in [0.2, 0.25) is 5.02 Å². The van der Waals surface area contributed by atoms with Gasteiger partial charge in [0.05, 0.1) is 7.11 Å². The van der Waals surface area contributed by atoms with Crippen molar-refractivity contribution in [1.82, 2.24) is 4.90 Å².